The number of anilines is 2. The standard InChI is InChI=1S/C32H36Cl2N8O2/c1-35-31-27(16-41-12-19(13-41)18-43)37-10-25(39-31)23-8-4-6-21(29(23)33)22-7-5-9-24(30(22)34)26-11-38-28(32(36-2)40-26)17-42-14-20(15-42)44-3/h4-11,19-20,43H,12-18H2,1-3H3,(H,35,39)(H,36,40). The van der Waals surface area contributed by atoms with Gasteiger partial charge in [-0.05, 0) is 0 Å². The van der Waals surface area contributed by atoms with Gasteiger partial charge < -0.3 is 20.5 Å². The second kappa shape index (κ2) is 13.3. The molecule has 0 spiro atoms. The Morgan fingerprint density at radius 2 is 1.23 bits per heavy atom. The Morgan fingerprint density at radius 3 is 1.66 bits per heavy atom. The third-order valence-corrected chi connectivity index (χ3v) is 9.12. The molecule has 0 saturated carbocycles. The van der Waals surface area contributed by atoms with E-state index >= 15 is 0 Å². The normalized spacial score (nSPS) is 16.0. The van der Waals surface area contributed by atoms with Gasteiger partial charge in [0.25, 0.3) is 0 Å². The zero-order valence-electron chi connectivity index (χ0n) is 25.0. The fraction of sp³-hybridized carbons (Fsp3) is 0.375. The highest BCUT2D eigenvalue weighted by Gasteiger charge is 2.28. The molecule has 0 radical (unpaired) electrons. The lowest BCUT2D eigenvalue weighted by Crippen LogP contribution is -2.51. The van der Waals surface area contributed by atoms with Crippen LogP contribution in [0.5, 0.6) is 0 Å². The van der Waals surface area contributed by atoms with Gasteiger partial charge in [-0.15, -0.1) is 0 Å². The molecule has 6 rings (SSSR count). The van der Waals surface area contributed by atoms with Gasteiger partial charge in [-0.25, -0.2) is 9.97 Å². The largest absolute Gasteiger partial charge is 0.396 e. The summed E-state index contributed by atoms with van der Waals surface area (Å²) in [5, 5.41) is 16.8. The predicted octanol–water partition coefficient (Wildman–Crippen LogP) is 4.91. The molecule has 4 aromatic rings. The van der Waals surface area contributed by atoms with E-state index in [9.17, 15) is 5.11 Å². The van der Waals surface area contributed by atoms with Crippen LogP contribution in [0.4, 0.5) is 11.6 Å². The van der Waals surface area contributed by atoms with E-state index in [4.69, 9.17) is 47.9 Å². The Bertz CT molecular complexity index is 1520. The summed E-state index contributed by atoms with van der Waals surface area (Å²) in [5.74, 6) is 1.75. The van der Waals surface area contributed by atoms with Crippen LogP contribution < -0.4 is 10.6 Å². The monoisotopic (exact) mass is 634 g/mol. The number of likely N-dealkylation sites (tertiary alicyclic amines) is 2. The number of benzene rings is 2. The van der Waals surface area contributed by atoms with Crippen molar-refractivity contribution in [3.8, 4) is 33.6 Å². The number of rotatable bonds is 11. The molecule has 2 saturated heterocycles. The Kier molecular flexibility index (Phi) is 9.27. The van der Waals surface area contributed by atoms with E-state index < -0.39 is 0 Å². The van der Waals surface area contributed by atoms with Crippen molar-refractivity contribution in [2.45, 2.75) is 19.2 Å². The summed E-state index contributed by atoms with van der Waals surface area (Å²) < 4.78 is 5.39. The first kappa shape index (κ1) is 30.6. The molecular formula is C32H36Cl2N8O2. The average Bonchev–Trinajstić information content (AvgIpc) is 3.01. The molecule has 0 bridgehead atoms. The van der Waals surface area contributed by atoms with Crippen LogP contribution in [0.15, 0.2) is 48.8 Å². The second-order valence-corrected chi connectivity index (χ2v) is 12.0. The SMILES string of the molecule is CNc1nc(-c2cccc(-c3cccc(-c4cnc(CN5CC(OC)C5)c(NC)n4)c3Cl)c2Cl)cnc1CN1CC(CO)C1. The number of halogens is 2. The molecule has 10 nitrogen and oxygen atoms in total. The Labute approximate surface area is 267 Å². The van der Waals surface area contributed by atoms with E-state index in [-0.39, 0.29) is 12.7 Å². The molecule has 0 aliphatic carbocycles. The van der Waals surface area contributed by atoms with Crippen molar-refractivity contribution in [3.63, 3.8) is 0 Å². The number of methoxy groups -OCH3 is 1. The van der Waals surface area contributed by atoms with Crippen molar-refractivity contribution in [1.29, 1.82) is 0 Å². The van der Waals surface area contributed by atoms with Crippen molar-refractivity contribution < 1.29 is 9.84 Å². The highest BCUT2D eigenvalue weighted by molar-refractivity contribution is 6.39. The lowest BCUT2D eigenvalue weighted by Gasteiger charge is -2.38. The Morgan fingerprint density at radius 1 is 0.773 bits per heavy atom. The van der Waals surface area contributed by atoms with Crippen LogP contribution in [0.25, 0.3) is 33.6 Å². The topological polar surface area (TPSA) is 112 Å². The van der Waals surface area contributed by atoms with E-state index in [0.717, 1.165) is 65.6 Å². The summed E-state index contributed by atoms with van der Waals surface area (Å²) in [6.07, 6.45) is 3.81. The minimum Gasteiger partial charge on any atom is -0.396 e. The maximum atomic E-state index is 9.33. The first-order valence-electron chi connectivity index (χ1n) is 14.7. The summed E-state index contributed by atoms with van der Waals surface area (Å²) in [6.45, 7) is 5.06. The molecule has 4 heterocycles. The van der Waals surface area contributed by atoms with E-state index in [1.54, 1.807) is 19.5 Å². The second-order valence-electron chi connectivity index (χ2n) is 11.2. The fourth-order valence-electron chi connectivity index (χ4n) is 5.74. The molecule has 0 unspecified atom stereocenters. The van der Waals surface area contributed by atoms with E-state index in [2.05, 4.69) is 20.4 Å². The maximum Gasteiger partial charge on any atom is 0.149 e. The van der Waals surface area contributed by atoms with Gasteiger partial charge in [0.05, 0.1) is 51.3 Å². The van der Waals surface area contributed by atoms with Crippen LogP contribution in [-0.4, -0.2) is 94.9 Å². The van der Waals surface area contributed by atoms with Crippen LogP contribution in [0.1, 0.15) is 11.4 Å². The number of hydrogen-bond acceptors (Lipinski definition) is 10. The summed E-state index contributed by atoms with van der Waals surface area (Å²) in [7, 11) is 5.43. The minimum atomic E-state index is 0.216. The number of aliphatic hydroxyl groups is 1. The summed E-state index contributed by atoms with van der Waals surface area (Å²) in [5.41, 5.74) is 6.15. The van der Waals surface area contributed by atoms with Crippen LogP contribution in [0.2, 0.25) is 10.0 Å². The number of aliphatic hydroxyl groups excluding tert-OH is 1. The lowest BCUT2D eigenvalue weighted by molar-refractivity contribution is -0.0338. The van der Waals surface area contributed by atoms with Crippen LogP contribution in [-0.2, 0) is 17.8 Å². The van der Waals surface area contributed by atoms with Crippen molar-refractivity contribution in [2.24, 2.45) is 5.92 Å². The van der Waals surface area contributed by atoms with Gasteiger partial charge in [-0.1, -0.05) is 59.6 Å². The molecule has 2 aromatic heterocycles. The highest BCUT2D eigenvalue weighted by atomic mass is 35.5. The molecule has 12 heteroatoms. The zero-order valence-corrected chi connectivity index (χ0v) is 26.5. The van der Waals surface area contributed by atoms with Gasteiger partial charge in [0.2, 0.25) is 0 Å². The smallest absolute Gasteiger partial charge is 0.149 e. The Hall–Kier alpha value is -3.38. The number of nitrogens with zero attached hydrogens (tertiary/aromatic N) is 6. The summed E-state index contributed by atoms with van der Waals surface area (Å²) in [4.78, 5) is 23.7. The minimum absolute atomic E-state index is 0.216. The zero-order chi connectivity index (χ0) is 30.8. The third kappa shape index (κ3) is 6.10. The van der Waals surface area contributed by atoms with Gasteiger partial charge in [-0.3, -0.25) is 19.8 Å². The Balaban J connectivity index is 1.27. The number of nitrogens with one attached hydrogen (secondary N) is 2. The van der Waals surface area contributed by atoms with Gasteiger partial charge in [0.15, 0.2) is 0 Å². The summed E-state index contributed by atoms with van der Waals surface area (Å²) in [6, 6.07) is 11.7. The van der Waals surface area contributed by atoms with Crippen LogP contribution in [0.3, 0.4) is 0 Å². The molecule has 0 atom stereocenters. The van der Waals surface area contributed by atoms with E-state index in [0.29, 0.717) is 46.3 Å². The first-order chi connectivity index (χ1) is 21.4. The van der Waals surface area contributed by atoms with Crippen LogP contribution in [0, 0.1) is 5.92 Å². The van der Waals surface area contributed by atoms with Crippen molar-refractivity contribution >= 4 is 34.8 Å². The molecule has 3 N–H and O–H groups in total. The van der Waals surface area contributed by atoms with Crippen LogP contribution >= 0.6 is 23.2 Å². The molecular weight excluding hydrogens is 599 g/mol. The van der Waals surface area contributed by atoms with Gasteiger partial charge >= 0.3 is 0 Å². The first-order valence-corrected chi connectivity index (χ1v) is 15.4. The van der Waals surface area contributed by atoms with Gasteiger partial charge in [0.1, 0.15) is 11.6 Å². The molecule has 230 valence electrons. The predicted molar refractivity (Wildman–Crippen MR) is 175 cm³/mol. The number of aromatic nitrogens is 4. The van der Waals surface area contributed by atoms with Gasteiger partial charge in [-0.2, -0.15) is 0 Å². The molecule has 44 heavy (non-hydrogen) atoms. The number of ether oxygens (including phenoxy) is 1. The summed E-state index contributed by atoms with van der Waals surface area (Å²) >= 11 is 14.1. The fourth-order valence-corrected chi connectivity index (χ4v) is 6.39. The molecule has 2 aliphatic heterocycles. The number of hydrogen-bond donors (Lipinski definition) is 3. The van der Waals surface area contributed by atoms with Gasteiger partial charge in [0, 0.05) is 95.3 Å². The molecule has 2 aliphatic rings. The van der Waals surface area contributed by atoms with Crippen molar-refractivity contribution in [1.82, 2.24) is 29.7 Å². The molecule has 0 amide bonds. The average molecular weight is 636 g/mol. The quantitative estimate of drug-likeness (QED) is 0.210. The molecule has 2 fully saturated rings. The maximum absolute atomic E-state index is 9.33. The van der Waals surface area contributed by atoms with E-state index in [1.807, 2.05) is 50.5 Å². The van der Waals surface area contributed by atoms with Crippen molar-refractivity contribution in [3.05, 3.63) is 70.2 Å². The van der Waals surface area contributed by atoms with E-state index in [1.165, 1.54) is 0 Å². The highest BCUT2D eigenvalue weighted by Crippen LogP contribution is 2.42. The van der Waals surface area contributed by atoms with Crippen molar-refractivity contribution in [2.75, 3.05) is 64.6 Å². The third-order valence-electron chi connectivity index (χ3n) is 8.30. The molecule has 2 aromatic carbocycles. The lowest BCUT2D eigenvalue weighted by atomic mass is 9.98.